The van der Waals surface area contributed by atoms with Crippen molar-refractivity contribution in [3.8, 4) is 0 Å². The smallest absolute Gasteiger partial charge is 0.253 e. The molecule has 0 radical (unpaired) electrons. The molecule has 0 aliphatic heterocycles. The number of anilines is 1. The summed E-state index contributed by atoms with van der Waals surface area (Å²) in [4.78, 5) is 11.9. The molecule has 1 unspecified atom stereocenters. The number of nitrogens with one attached hydrogen (secondary N) is 1. The van der Waals surface area contributed by atoms with Crippen LogP contribution in [0.25, 0.3) is 0 Å². The number of amides is 1. The third kappa shape index (κ3) is 4.51. The van der Waals surface area contributed by atoms with Gasteiger partial charge in [0.2, 0.25) is 0 Å². The largest absolute Gasteiger partial charge is 0.398 e. The van der Waals surface area contributed by atoms with Gasteiger partial charge in [-0.3, -0.25) is 4.79 Å². The monoisotopic (exact) mass is 332 g/mol. The Labute approximate surface area is 119 Å². The highest BCUT2D eigenvalue weighted by Gasteiger charge is 2.21. The summed E-state index contributed by atoms with van der Waals surface area (Å²) in [5.74, 6) is 0.282. The molecule has 100 valence electrons. The zero-order valence-electron chi connectivity index (χ0n) is 10.4. The summed E-state index contributed by atoms with van der Waals surface area (Å²) in [5.41, 5.74) is 5.67. The van der Waals surface area contributed by atoms with Gasteiger partial charge in [0, 0.05) is 22.5 Å². The zero-order valence-corrected chi connectivity index (χ0v) is 12.8. The van der Waals surface area contributed by atoms with Gasteiger partial charge in [-0.15, -0.1) is 0 Å². The van der Waals surface area contributed by atoms with Crippen LogP contribution in [0.15, 0.2) is 22.7 Å². The Morgan fingerprint density at radius 1 is 1.61 bits per heavy atom. The summed E-state index contributed by atoms with van der Waals surface area (Å²) in [6, 6.07) is 5.08. The number of carbonyl (C=O) groups is 1. The van der Waals surface area contributed by atoms with Gasteiger partial charge in [-0.25, -0.2) is 0 Å². The average Bonchev–Trinajstić information content (AvgIpc) is 2.26. The van der Waals surface area contributed by atoms with Gasteiger partial charge in [-0.2, -0.15) is 11.8 Å². The first-order valence-corrected chi connectivity index (χ1v) is 7.59. The van der Waals surface area contributed by atoms with E-state index >= 15 is 0 Å². The fourth-order valence-corrected chi connectivity index (χ4v) is 2.57. The maximum atomic E-state index is 11.9. The Kier molecular flexibility index (Phi) is 5.49. The summed E-state index contributed by atoms with van der Waals surface area (Å²) < 4.78 is 0.825. The van der Waals surface area contributed by atoms with E-state index in [0.717, 1.165) is 4.47 Å². The minimum atomic E-state index is -0.917. The minimum Gasteiger partial charge on any atom is -0.398 e. The molecule has 0 aliphatic carbocycles. The first-order valence-electron chi connectivity index (χ1n) is 5.40. The second kappa shape index (κ2) is 6.45. The highest BCUT2D eigenvalue weighted by Crippen LogP contribution is 2.18. The number of nitrogen functional groups attached to an aromatic ring is 1. The summed E-state index contributed by atoms with van der Waals surface area (Å²) >= 11 is 4.81. The number of rotatable bonds is 5. The lowest BCUT2D eigenvalue weighted by molar-refractivity contribution is 0.0725. The van der Waals surface area contributed by atoms with E-state index in [-0.39, 0.29) is 12.5 Å². The van der Waals surface area contributed by atoms with Crippen LogP contribution in [0.2, 0.25) is 0 Å². The molecule has 1 amide bonds. The van der Waals surface area contributed by atoms with E-state index in [9.17, 15) is 9.90 Å². The maximum absolute atomic E-state index is 11.9. The van der Waals surface area contributed by atoms with E-state index in [1.54, 1.807) is 25.1 Å². The van der Waals surface area contributed by atoms with Crippen LogP contribution in [0.1, 0.15) is 17.3 Å². The van der Waals surface area contributed by atoms with Crippen molar-refractivity contribution in [1.29, 1.82) is 0 Å². The van der Waals surface area contributed by atoms with Gasteiger partial charge in [0.05, 0.1) is 11.2 Å². The fraction of sp³-hybridized carbons (Fsp3) is 0.417. The topological polar surface area (TPSA) is 75.3 Å². The van der Waals surface area contributed by atoms with Gasteiger partial charge in [-0.05, 0) is 31.4 Å². The zero-order chi connectivity index (χ0) is 13.8. The molecule has 0 saturated carbocycles. The van der Waals surface area contributed by atoms with Gasteiger partial charge in [-0.1, -0.05) is 15.9 Å². The number of aliphatic hydroxyl groups is 1. The van der Waals surface area contributed by atoms with E-state index in [4.69, 9.17) is 5.73 Å². The average molecular weight is 333 g/mol. The molecule has 0 saturated heterocycles. The Morgan fingerprint density at radius 3 is 2.83 bits per heavy atom. The van der Waals surface area contributed by atoms with Crippen molar-refractivity contribution >= 4 is 39.3 Å². The number of carbonyl (C=O) groups excluding carboxylic acids is 1. The summed E-state index contributed by atoms with van der Waals surface area (Å²) in [7, 11) is 0. The van der Waals surface area contributed by atoms with Crippen molar-refractivity contribution in [2.45, 2.75) is 12.5 Å². The quantitative estimate of drug-likeness (QED) is 0.719. The maximum Gasteiger partial charge on any atom is 0.253 e. The summed E-state index contributed by atoms with van der Waals surface area (Å²) in [5, 5.41) is 12.6. The Morgan fingerprint density at radius 2 is 2.28 bits per heavy atom. The number of benzene rings is 1. The molecule has 1 aromatic carbocycles. The lowest BCUT2D eigenvalue weighted by Gasteiger charge is -2.22. The third-order valence-corrected chi connectivity index (χ3v) is 3.75. The molecule has 0 bridgehead atoms. The van der Waals surface area contributed by atoms with Crippen molar-refractivity contribution in [3.05, 3.63) is 28.2 Å². The normalized spacial score (nSPS) is 14.0. The van der Waals surface area contributed by atoms with Gasteiger partial charge in [0.1, 0.15) is 0 Å². The molecule has 4 N–H and O–H groups in total. The van der Waals surface area contributed by atoms with E-state index in [1.807, 2.05) is 6.26 Å². The van der Waals surface area contributed by atoms with Crippen molar-refractivity contribution in [2.75, 3.05) is 24.3 Å². The van der Waals surface area contributed by atoms with Gasteiger partial charge in [0.25, 0.3) is 5.91 Å². The molecular weight excluding hydrogens is 316 g/mol. The Balaban J connectivity index is 2.66. The van der Waals surface area contributed by atoms with Crippen LogP contribution in [0.5, 0.6) is 0 Å². The van der Waals surface area contributed by atoms with Crippen LogP contribution < -0.4 is 11.1 Å². The molecule has 1 aromatic rings. The molecule has 0 aromatic heterocycles. The number of hydrogen-bond donors (Lipinski definition) is 3. The third-order valence-electron chi connectivity index (χ3n) is 2.34. The summed E-state index contributed by atoms with van der Waals surface area (Å²) in [6.45, 7) is 1.89. The molecule has 0 heterocycles. The molecule has 18 heavy (non-hydrogen) atoms. The number of thioether (sulfide) groups is 1. The number of halogens is 1. The SMILES string of the molecule is CSCC(C)(O)CNC(=O)c1ccc(Br)cc1N. The lowest BCUT2D eigenvalue weighted by atomic mass is 10.1. The Bertz CT molecular complexity index is 438. The number of nitrogens with two attached hydrogens (primary N) is 1. The molecule has 1 atom stereocenters. The van der Waals surface area contributed by atoms with Crippen LogP contribution in [-0.2, 0) is 0 Å². The van der Waals surface area contributed by atoms with Crippen LogP contribution in [-0.4, -0.2) is 35.2 Å². The van der Waals surface area contributed by atoms with Gasteiger partial charge in [0.15, 0.2) is 0 Å². The fourth-order valence-electron chi connectivity index (χ4n) is 1.47. The highest BCUT2D eigenvalue weighted by atomic mass is 79.9. The summed E-state index contributed by atoms with van der Waals surface area (Å²) in [6.07, 6.45) is 1.91. The second-order valence-electron chi connectivity index (χ2n) is 4.34. The van der Waals surface area contributed by atoms with Crippen LogP contribution in [0, 0.1) is 0 Å². The first kappa shape index (κ1) is 15.3. The van der Waals surface area contributed by atoms with Crippen molar-refractivity contribution in [1.82, 2.24) is 5.32 Å². The van der Waals surface area contributed by atoms with E-state index in [2.05, 4.69) is 21.2 Å². The van der Waals surface area contributed by atoms with Crippen molar-refractivity contribution in [2.24, 2.45) is 0 Å². The van der Waals surface area contributed by atoms with Crippen LogP contribution in [0.3, 0.4) is 0 Å². The van der Waals surface area contributed by atoms with Crippen molar-refractivity contribution < 1.29 is 9.90 Å². The first-order chi connectivity index (χ1) is 8.35. The van der Waals surface area contributed by atoms with E-state index in [0.29, 0.717) is 17.0 Å². The van der Waals surface area contributed by atoms with Crippen LogP contribution >= 0.6 is 27.7 Å². The standard InChI is InChI=1S/C12H17BrN2O2S/c1-12(17,7-18-2)6-15-11(16)9-4-3-8(13)5-10(9)14/h3-5,17H,6-7,14H2,1-2H3,(H,15,16). The predicted octanol–water partition coefficient (Wildman–Crippen LogP) is 1.88. The minimum absolute atomic E-state index is 0.197. The predicted molar refractivity (Wildman–Crippen MR) is 79.9 cm³/mol. The second-order valence-corrected chi connectivity index (χ2v) is 6.13. The lowest BCUT2D eigenvalue weighted by Crippen LogP contribution is -2.42. The van der Waals surface area contributed by atoms with E-state index < -0.39 is 5.60 Å². The Hall–Kier alpha value is -0.720. The molecule has 1 rings (SSSR count). The highest BCUT2D eigenvalue weighted by molar-refractivity contribution is 9.10. The molecule has 0 fully saturated rings. The molecule has 0 aliphatic rings. The molecular formula is C12H17BrN2O2S. The van der Waals surface area contributed by atoms with Crippen molar-refractivity contribution in [3.63, 3.8) is 0 Å². The van der Waals surface area contributed by atoms with Crippen LogP contribution in [0.4, 0.5) is 5.69 Å². The molecule has 4 nitrogen and oxygen atoms in total. The van der Waals surface area contributed by atoms with Gasteiger partial charge >= 0.3 is 0 Å². The van der Waals surface area contributed by atoms with Gasteiger partial charge < -0.3 is 16.2 Å². The van der Waals surface area contributed by atoms with E-state index in [1.165, 1.54) is 11.8 Å². The molecule has 0 spiro atoms. The number of hydrogen-bond acceptors (Lipinski definition) is 4. The molecule has 6 heteroatoms.